The van der Waals surface area contributed by atoms with Crippen molar-refractivity contribution in [3.63, 3.8) is 0 Å². The van der Waals surface area contributed by atoms with Crippen LogP contribution in [0.3, 0.4) is 0 Å². The Labute approximate surface area is 158 Å². The van der Waals surface area contributed by atoms with Crippen LogP contribution in [0.1, 0.15) is 12.0 Å². The number of hydrogen-bond donors (Lipinski definition) is 0. The molecule has 0 radical (unpaired) electrons. The van der Waals surface area contributed by atoms with Crippen molar-refractivity contribution in [1.29, 1.82) is 0 Å². The first-order valence-electron chi connectivity index (χ1n) is 9.56. The lowest BCUT2D eigenvalue weighted by atomic mass is 9.72. The number of benzene rings is 1. The number of likely N-dealkylation sites (tertiary alicyclic amines) is 1. The van der Waals surface area contributed by atoms with Crippen LogP contribution in [0.4, 0.5) is 4.39 Å². The lowest BCUT2D eigenvalue weighted by molar-refractivity contribution is -0.165. The van der Waals surface area contributed by atoms with E-state index in [0.717, 1.165) is 6.42 Å². The number of hydrogen-bond acceptors (Lipinski definition) is 4. The Balaban J connectivity index is 1.52. The molecule has 1 aromatic carbocycles. The van der Waals surface area contributed by atoms with Gasteiger partial charge in [0.05, 0.1) is 31.2 Å². The average Bonchev–Trinajstić information content (AvgIpc) is 3.20. The van der Waals surface area contributed by atoms with Crippen LogP contribution in [0.2, 0.25) is 0 Å². The molecule has 1 atom stereocenters. The van der Waals surface area contributed by atoms with Gasteiger partial charge in [-0.25, -0.2) is 4.39 Å². The molecule has 0 aromatic heterocycles. The minimum atomic E-state index is -0.755. The molecule has 0 aliphatic carbocycles. The molecule has 4 rings (SSSR count). The monoisotopic (exact) mass is 376 g/mol. The second kappa shape index (κ2) is 7.56. The number of halogens is 1. The molecule has 1 aromatic rings. The predicted molar refractivity (Wildman–Crippen MR) is 95.4 cm³/mol. The fraction of sp³-hybridized carbons (Fsp3) is 0.600. The fourth-order valence-electron chi connectivity index (χ4n) is 4.26. The van der Waals surface area contributed by atoms with Gasteiger partial charge in [-0.2, -0.15) is 0 Å². The third kappa shape index (κ3) is 3.58. The maximum absolute atomic E-state index is 14.2. The molecule has 3 fully saturated rings. The molecule has 6 nitrogen and oxygen atoms in total. The normalized spacial score (nSPS) is 24.6. The Morgan fingerprint density at radius 3 is 2.48 bits per heavy atom. The molecule has 0 N–H and O–H groups in total. The van der Waals surface area contributed by atoms with Gasteiger partial charge in [0, 0.05) is 32.8 Å². The van der Waals surface area contributed by atoms with Crippen LogP contribution < -0.4 is 0 Å². The van der Waals surface area contributed by atoms with Crippen molar-refractivity contribution >= 4 is 11.8 Å². The van der Waals surface area contributed by atoms with Crippen molar-refractivity contribution in [2.75, 3.05) is 52.6 Å². The summed E-state index contributed by atoms with van der Waals surface area (Å²) in [7, 11) is 0. The number of ether oxygens (including phenoxy) is 2. The summed E-state index contributed by atoms with van der Waals surface area (Å²) < 4.78 is 24.9. The fourth-order valence-corrected chi connectivity index (χ4v) is 4.26. The summed E-state index contributed by atoms with van der Waals surface area (Å²) in [5, 5.41) is 0. The van der Waals surface area contributed by atoms with Crippen molar-refractivity contribution in [1.82, 2.24) is 9.80 Å². The topological polar surface area (TPSA) is 59.1 Å². The smallest absolute Gasteiger partial charge is 0.232 e. The minimum absolute atomic E-state index is 0.000718. The number of nitrogens with zero attached hydrogens (tertiary/aromatic N) is 2. The number of carbonyl (C=O) groups is 2. The zero-order valence-electron chi connectivity index (χ0n) is 15.4. The first kappa shape index (κ1) is 18.4. The van der Waals surface area contributed by atoms with Crippen LogP contribution in [0.25, 0.3) is 0 Å². The Bertz CT molecular complexity index is 708. The van der Waals surface area contributed by atoms with Crippen LogP contribution in [0.15, 0.2) is 24.3 Å². The highest BCUT2D eigenvalue weighted by Crippen LogP contribution is 2.38. The van der Waals surface area contributed by atoms with Crippen molar-refractivity contribution in [3.05, 3.63) is 35.6 Å². The summed E-state index contributed by atoms with van der Waals surface area (Å²) in [5.41, 5.74) is -0.232. The van der Waals surface area contributed by atoms with Crippen LogP contribution in [-0.2, 0) is 25.5 Å². The van der Waals surface area contributed by atoms with Gasteiger partial charge in [-0.15, -0.1) is 0 Å². The van der Waals surface area contributed by atoms with E-state index in [1.54, 1.807) is 28.0 Å². The molecular weight excluding hydrogens is 351 g/mol. The van der Waals surface area contributed by atoms with Crippen molar-refractivity contribution in [2.45, 2.75) is 12.8 Å². The zero-order chi connectivity index (χ0) is 18.9. The number of morpholine rings is 1. The second-order valence-corrected chi connectivity index (χ2v) is 7.71. The third-order valence-electron chi connectivity index (χ3n) is 5.82. The van der Waals surface area contributed by atoms with E-state index in [9.17, 15) is 14.0 Å². The van der Waals surface area contributed by atoms with E-state index in [-0.39, 0.29) is 23.5 Å². The molecule has 27 heavy (non-hydrogen) atoms. The summed E-state index contributed by atoms with van der Waals surface area (Å²) >= 11 is 0. The van der Waals surface area contributed by atoms with Crippen LogP contribution in [-0.4, -0.2) is 74.2 Å². The van der Waals surface area contributed by atoms with Gasteiger partial charge in [0.15, 0.2) is 0 Å². The molecule has 2 amide bonds. The average molecular weight is 376 g/mol. The molecule has 3 saturated heterocycles. The van der Waals surface area contributed by atoms with Gasteiger partial charge in [-0.05, 0) is 24.5 Å². The highest BCUT2D eigenvalue weighted by Gasteiger charge is 2.53. The summed E-state index contributed by atoms with van der Waals surface area (Å²) in [6, 6.07) is 6.56. The van der Waals surface area contributed by atoms with E-state index in [1.807, 2.05) is 0 Å². The van der Waals surface area contributed by atoms with Crippen LogP contribution in [0.5, 0.6) is 0 Å². The largest absolute Gasteiger partial charge is 0.381 e. The Kier molecular flexibility index (Phi) is 5.14. The quantitative estimate of drug-likeness (QED) is 0.790. The first-order valence-corrected chi connectivity index (χ1v) is 9.56. The zero-order valence-corrected chi connectivity index (χ0v) is 15.4. The highest BCUT2D eigenvalue weighted by atomic mass is 19.1. The SMILES string of the molecule is O=C(C1CCOC1)N1CC(Cc2ccccc2F)(C(=O)N2CCOCC2)C1. The minimum Gasteiger partial charge on any atom is -0.381 e. The van der Waals surface area contributed by atoms with Crippen LogP contribution >= 0.6 is 0 Å². The lowest BCUT2D eigenvalue weighted by Gasteiger charge is -2.51. The van der Waals surface area contributed by atoms with E-state index in [2.05, 4.69) is 0 Å². The standard InChI is InChI=1S/C20H25FN2O4/c21-17-4-2-1-3-15(17)11-20(19(25)22-6-9-26-10-7-22)13-23(14-20)18(24)16-5-8-27-12-16/h1-4,16H,5-14H2. The van der Waals surface area contributed by atoms with Gasteiger partial charge in [0.1, 0.15) is 5.82 Å². The molecule has 0 spiro atoms. The molecule has 1 unspecified atom stereocenters. The molecule has 0 bridgehead atoms. The molecule has 7 heteroatoms. The van der Waals surface area contributed by atoms with E-state index in [4.69, 9.17) is 9.47 Å². The number of amides is 2. The number of carbonyl (C=O) groups excluding carboxylic acids is 2. The third-order valence-corrected chi connectivity index (χ3v) is 5.82. The van der Waals surface area contributed by atoms with Crippen LogP contribution in [0, 0.1) is 17.2 Å². The number of rotatable bonds is 4. The van der Waals surface area contributed by atoms with Crippen molar-refractivity contribution in [2.24, 2.45) is 11.3 Å². The highest BCUT2D eigenvalue weighted by molar-refractivity contribution is 5.89. The Hall–Kier alpha value is -1.99. The molecule has 0 saturated carbocycles. The summed E-state index contributed by atoms with van der Waals surface area (Å²) in [5.74, 6) is -0.372. The van der Waals surface area contributed by atoms with E-state index in [1.165, 1.54) is 6.07 Å². The first-order chi connectivity index (χ1) is 13.1. The Morgan fingerprint density at radius 2 is 1.81 bits per heavy atom. The summed E-state index contributed by atoms with van der Waals surface area (Å²) in [6.07, 6.45) is 1.04. The van der Waals surface area contributed by atoms with E-state index < -0.39 is 5.41 Å². The summed E-state index contributed by atoms with van der Waals surface area (Å²) in [6.45, 7) is 3.86. The van der Waals surface area contributed by atoms with E-state index >= 15 is 0 Å². The van der Waals surface area contributed by atoms with Gasteiger partial charge >= 0.3 is 0 Å². The van der Waals surface area contributed by atoms with Gasteiger partial charge in [0.25, 0.3) is 0 Å². The molecule has 3 heterocycles. The predicted octanol–water partition coefficient (Wildman–Crippen LogP) is 1.09. The Morgan fingerprint density at radius 1 is 1.07 bits per heavy atom. The van der Waals surface area contributed by atoms with Crippen molar-refractivity contribution in [3.8, 4) is 0 Å². The summed E-state index contributed by atoms with van der Waals surface area (Å²) in [4.78, 5) is 29.5. The molecular formula is C20H25FN2O4. The van der Waals surface area contributed by atoms with Crippen molar-refractivity contribution < 1.29 is 23.5 Å². The van der Waals surface area contributed by atoms with Gasteiger partial charge in [-0.1, -0.05) is 18.2 Å². The van der Waals surface area contributed by atoms with Gasteiger partial charge in [-0.3, -0.25) is 9.59 Å². The molecule has 3 aliphatic rings. The lowest BCUT2D eigenvalue weighted by Crippen LogP contribution is -2.67. The second-order valence-electron chi connectivity index (χ2n) is 7.71. The maximum Gasteiger partial charge on any atom is 0.232 e. The molecule has 146 valence electrons. The van der Waals surface area contributed by atoms with E-state index in [0.29, 0.717) is 64.6 Å². The molecule has 3 aliphatic heterocycles. The van der Waals surface area contributed by atoms with Gasteiger partial charge < -0.3 is 19.3 Å². The maximum atomic E-state index is 14.2. The van der Waals surface area contributed by atoms with Gasteiger partial charge in [0.2, 0.25) is 11.8 Å².